The summed E-state index contributed by atoms with van der Waals surface area (Å²) in [5.74, 6) is -1.47. The zero-order valence-corrected chi connectivity index (χ0v) is 24.4. The van der Waals surface area contributed by atoms with E-state index in [2.05, 4.69) is 29.5 Å². The van der Waals surface area contributed by atoms with Crippen molar-refractivity contribution in [2.75, 3.05) is 11.9 Å². The number of piperidine rings is 1. The van der Waals surface area contributed by atoms with Gasteiger partial charge >= 0.3 is 0 Å². The van der Waals surface area contributed by atoms with Crippen LogP contribution in [0.3, 0.4) is 0 Å². The maximum Gasteiger partial charge on any atom is 0.287 e. The van der Waals surface area contributed by atoms with Crippen LogP contribution in [0.2, 0.25) is 0 Å². The minimum absolute atomic E-state index is 0.0193. The van der Waals surface area contributed by atoms with Crippen molar-refractivity contribution in [3.8, 4) is 0 Å². The monoisotopic (exact) mass is 557 g/mol. The number of carbonyl (C=O) groups excluding carboxylic acids is 4. The highest BCUT2D eigenvalue weighted by Gasteiger charge is 2.69. The molecule has 10 heteroatoms. The highest BCUT2D eigenvalue weighted by molar-refractivity contribution is 7.15. The normalized spacial score (nSPS) is 27.7. The van der Waals surface area contributed by atoms with E-state index in [0.29, 0.717) is 18.9 Å². The molecule has 5 atom stereocenters. The van der Waals surface area contributed by atoms with E-state index < -0.39 is 29.8 Å². The van der Waals surface area contributed by atoms with E-state index in [1.165, 1.54) is 6.42 Å². The number of fused-ring (bicyclic) bond motifs is 1. The Morgan fingerprint density at radius 2 is 1.77 bits per heavy atom. The maximum atomic E-state index is 14.3. The average Bonchev–Trinajstić information content (AvgIpc) is 3.18. The zero-order chi connectivity index (χ0) is 28.1. The van der Waals surface area contributed by atoms with E-state index in [-0.39, 0.29) is 35.0 Å². The number of aryl methyl sites for hydroxylation is 2. The molecule has 1 aromatic heterocycles. The fraction of sp³-hybridized carbons (Fsp3) is 0.759. The number of anilines is 1. The third-order valence-electron chi connectivity index (χ3n) is 10.1. The van der Waals surface area contributed by atoms with Crippen molar-refractivity contribution in [3.05, 3.63) is 10.6 Å². The van der Waals surface area contributed by atoms with Gasteiger partial charge in [-0.1, -0.05) is 52.4 Å². The molecule has 0 radical (unpaired) electrons. The number of nitrogens with two attached hydrogens (primary N) is 1. The van der Waals surface area contributed by atoms with Gasteiger partial charge in [0.15, 0.2) is 5.13 Å². The minimum atomic E-state index is -1.03. The highest BCUT2D eigenvalue weighted by atomic mass is 32.1. The van der Waals surface area contributed by atoms with Gasteiger partial charge in [-0.25, -0.2) is 4.98 Å². The Morgan fingerprint density at radius 3 is 2.33 bits per heavy atom. The second kappa shape index (κ2) is 10.8. The van der Waals surface area contributed by atoms with E-state index in [1.54, 1.807) is 16.2 Å². The molecular weight excluding hydrogens is 514 g/mol. The number of rotatable bonds is 10. The number of Topliss-reactive ketones (excluding diaryl/α,β-unsaturated/α-hetero) is 1. The van der Waals surface area contributed by atoms with Gasteiger partial charge in [0.25, 0.3) is 5.91 Å². The minimum Gasteiger partial charge on any atom is -0.363 e. The lowest BCUT2D eigenvalue weighted by atomic mass is 9.80. The van der Waals surface area contributed by atoms with Gasteiger partial charge < -0.3 is 21.3 Å². The Balaban J connectivity index is 1.39. The van der Waals surface area contributed by atoms with Crippen molar-refractivity contribution in [2.24, 2.45) is 34.8 Å². The molecule has 39 heavy (non-hydrogen) atoms. The Labute approximate surface area is 235 Å². The molecule has 4 N–H and O–H groups in total. The van der Waals surface area contributed by atoms with Crippen LogP contribution in [0, 0.1) is 42.9 Å². The van der Waals surface area contributed by atoms with Gasteiger partial charge in [-0.15, -0.1) is 11.3 Å². The molecule has 0 bridgehead atoms. The van der Waals surface area contributed by atoms with Crippen LogP contribution in [0.1, 0.15) is 82.2 Å². The molecular formula is C29H43N5O4S. The Morgan fingerprint density at radius 1 is 1.08 bits per heavy atom. The molecule has 1 aromatic rings. The van der Waals surface area contributed by atoms with Crippen LogP contribution < -0.4 is 16.4 Å². The maximum absolute atomic E-state index is 14.3. The summed E-state index contributed by atoms with van der Waals surface area (Å²) in [7, 11) is 0. The molecule has 1 saturated heterocycles. The van der Waals surface area contributed by atoms with Crippen LogP contribution in [0.5, 0.6) is 0 Å². The van der Waals surface area contributed by atoms with E-state index >= 15 is 0 Å². The van der Waals surface area contributed by atoms with Gasteiger partial charge in [0, 0.05) is 11.4 Å². The summed E-state index contributed by atoms with van der Waals surface area (Å²) in [6, 6.07) is -2.06. The molecule has 1 aliphatic heterocycles. The molecule has 3 aliphatic carbocycles. The first kappa shape index (κ1) is 28.1. The van der Waals surface area contributed by atoms with Crippen molar-refractivity contribution in [2.45, 2.75) is 104 Å². The number of carbonyl (C=O) groups is 4. The molecule has 214 valence electrons. The van der Waals surface area contributed by atoms with Crippen LogP contribution in [-0.2, 0) is 19.2 Å². The van der Waals surface area contributed by atoms with Crippen molar-refractivity contribution in [3.63, 3.8) is 0 Å². The molecule has 4 fully saturated rings. The number of hydrogen-bond donors (Lipinski definition) is 3. The van der Waals surface area contributed by atoms with Crippen molar-refractivity contribution >= 4 is 40.0 Å². The average molecular weight is 558 g/mol. The number of hydrogen-bond acceptors (Lipinski definition) is 7. The van der Waals surface area contributed by atoms with Crippen LogP contribution in [0.25, 0.3) is 0 Å². The van der Waals surface area contributed by atoms with Gasteiger partial charge in [0.2, 0.25) is 17.6 Å². The molecule has 9 nitrogen and oxygen atoms in total. The van der Waals surface area contributed by atoms with Crippen LogP contribution in [-0.4, -0.2) is 58.1 Å². The fourth-order valence-corrected chi connectivity index (χ4v) is 8.08. The first-order valence-electron chi connectivity index (χ1n) is 14.6. The van der Waals surface area contributed by atoms with Crippen LogP contribution >= 0.6 is 11.3 Å². The third kappa shape index (κ3) is 5.45. The van der Waals surface area contributed by atoms with E-state index in [1.807, 2.05) is 13.8 Å². The third-order valence-corrected chi connectivity index (χ3v) is 11.1. The van der Waals surface area contributed by atoms with Gasteiger partial charge in [-0.3, -0.25) is 19.2 Å². The largest absolute Gasteiger partial charge is 0.363 e. The molecule has 2 unspecified atom stereocenters. The number of ketones is 1. The standard InChI is InChI=1S/C29H43N5O4S/c1-15-16(2)39-28(31-15)33-22(18-11-6-5-7-12-18)27(38)34-14-19-21(29(19,3)4)23(34)26(37)32-20(24(35)25(30)36)13-17-9-8-10-17/h17-23H,5-14H2,1-4H3,(H2,30,36)(H,31,33)(H,32,37)/t19-,20?,21?,22-,23-/m0/s1. The number of primary amides is 1. The first-order chi connectivity index (χ1) is 18.5. The number of nitrogens with one attached hydrogen (secondary N) is 2. The molecule has 0 aromatic carbocycles. The van der Waals surface area contributed by atoms with Gasteiger partial charge in [0.1, 0.15) is 12.1 Å². The highest BCUT2D eigenvalue weighted by Crippen LogP contribution is 2.65. The number of aromatic nitrogens is 1. The van der Waals surface area contributed by atoms with Gasteiger partial charge in [-0.05, 0) is 62.2 Å². The summed E-state index contributed by atoms with van der Waals surface area (Å²) in [6.07, 6.45) is 8.75. The Hall–Kier alpha value is -2.49. The van der Waals surface area contributed by atoms with Crippen molar-refractivity contribution < 1.29 is 19.2 Å². The number of amides is 3. The quantitative estimate of drug-likeness (QED) is 0.378. The first-order valence-corrected chi connectivity index (χ1v) is 15.5. The molecule has 3 amide bonds. The molecule has 3 saturated carbocycles. The second-order valence-corrected chi connectivity index (χ2v) is 14.1. The van der Waals surface area contributed by atoms with E-state index in [0.717, 1.165) is 60.6 Å². The summed E-state index contributed by atoms with van der Waals surface area (Å²) in [5, 5.41) is 7.11. The lowest BCUT2D eigenvalue weighted by Crippen LogP contribution is -2.58. The number of thiazole rings is 1. The number of nitrogens with zero attached hydrogens (tertiary/aromatic N) is 2. The lowest BCUT2D eigenvalue weighted by molar-refractivity contribution is -0.144. The van der Waals surface area contributed by atoms with E-state index in [4.69, 9.17) is 5.73 Å². The topological polar surface area (TPSA) is 134 Å². The van der Waals surface area contributed by atoms with Crippen LogP contribution in [0.4, 0.5) is 5.13 Å². The van der Waals surface area contributed by atoms with E-state index in [9.17, 15) is 19.2 Å². The SMILES string of the molecule is Cc1nc(N[C@H](C(=O)N2C[C@H]3C([C@H]2C(=O)NC(CC2CCC2)C(=O)C(N)=O)C3(C)C)C2CCCCC2)sc1C. The van der Waals surface area contributed by atoms with Crippen LogP contribution in [0.15, 0.2) is 0 Å². The predicted molar refractivity (Wildman–Crippen MR) is 150 cm³/mol. The van der Waals surface area contributed by atoms with Gasteiger partial charge in [0.05, 0.1) is 11.7 Å². The van der Waals surface area contributed by atoms with Crippen molar-refractivity contribution in [1.29, 1.82) is 0 Å². The van der Waals surface area contributed by atoms with Gasteiger partial charge in [-0.2, -0.15) is 0 Å². The molecule has 0 spiro atoms. The molecule has 4 aliphatic rings. The zero-order valence-electron chi connectivity index (χ0n) is 23.6. The Bertz CT molecular complexity index is 1120. The van der Waals surface area contributed by atoms with Crippen molar-refractivity contribution in [1.82, 2.24) is 15.2 Å². The summed E-state index contributed by atoms with van der Waals surface area (Å²) < 4.78 is 0. The fourth-order valence-electron chi connectivity index (χ4n) is 7.23. The predicted octanol–water partition coefficient (Wildman–Crippen LogP) is 3.33. The number of likely N-dealkylation sites (tertiary alicyclic amines) is 1. The summed E-state index contributed by atoms with van der Waals surface area (Å²) in [5.41, 5.74) is 6.24. The summed E-state index contributed by atoms with van der Waals surface area (Å²) in [6.45, 7) is 8.80. The molecule has 2 heterocycles. The summed E-state index contributed by atoms with van der Waals surface area (Å²) in [4.78, 5) is 60.2. The smallest absolute Gasteiger partial charge is 0.287 e. The Kier molecular flexibility index (Phi) is 7.79. The summed E-state index contributed by atoms with van der Waals surface area (Å²) >= 11 is 1.56. The second-order valence-electron chi connectivity index (χ2n) is 12.9. The lowest BCUT2D eigenvalue weighted by Gasteiger charge is -2.37. The molecule has 5 rings (SSSR count).